The molecule has 1 aromatic rings. The molecular weight excluding hydrogens is 212 g/mol. The molecule has 0 radical (unpaired) electrons. The fourth-order valence-corrected chi connectivity index (χ4v) is 2.62. The van der Waals surface area contributed by atoms with Gasteiger partial charge < -0.3 is 4.52 Å². The third-order valence-electron chi connectivity index (χ3n) is 2.29. The van der Waals surface area contributed by atoms with Gasteiger partial charge in [-0.15, -0.1) is 0 Å². The number of rotatable bonds is 3. The van der Waals surface area contributed by atoms with Crippen molar-refractivity contribution in [2.45, 2.75) is 26.2 Å². The van der Waals surface area contributed by atoms with E-state index in [1.807, 2.05) is 0 Å². The van der Waals surface area contributed by atoms with Gasteiger partial charge in [-0.1, -0.05) is 19.0 Å². The maximum atomic E-state index is 11.5. The van der Waals surface area contributed by atoms with E-state index < -0.39 is 0 Å². The van der Waals surface area contributed by atoms with Crippen molar-refractivity contribution in [2.75, 3.05) is 11.5 Å². The van der Waals surface area contributed by atoms with Gasteiger partial charge in [-0.2, -0.15) is 16.7 Å². The van der Waals surface area contributed by atoms with Crippen LogP contribution in [0.1, 0.15) is 31.5 Å². The van der Waals surface area contributed by atoms with E-state index in [1.165, 1.54) is 0 Å². The van der Waals surface area contributed by atoms with Crippen molar-refractivity contribution in [2.24, 2.45) is 5.92 Å². The van der Waals surface area contributed by atoms with Crippen LogP contribution in [0, 0.1) is 5.92 Å². The second kappa shape index (κ2) is 4.35. The van der Waals surface area contributed by atoms with Gasteiger partial charge >= 0.3 is 0 Å². The molecule has 1 aliphatic heterocycles. The second-order valence-electron chi connectivity index (χ2n) is 4.18. The van der Waals surface area contributed by atoms with Crippen LogP contribution in [-0.2, 0) is 11.2 Å². The molecule has 1 fully saturated rings. The van der Waals surface area contributed by atoms with Crippen molar-refractivity contribution in [1.82, 2.24) is 10.1 Å². The summed E-state index contributed by atoms with van der Waals surface area (Å²) >= 11 is 1.63. The molecule has 5 heteroatoms. The van der Waals surface area contributed by atoms with Crippen LogP contribution in [0.4, 0.5) is 0 Å². The van der Waals surface area contributed by atoms with Gasteiger partial charge in [-0.05, 0) is 5.92 Å². The van der Waals surface area contributed by atoms with Crippen LogP contribution in [0.5, 0.6) is 0 Å². The highest BCUT2D eigenvalue weighted by molar-refractivity contribution is 8.00. The van der Waals surface area contributed by atoms with Gasteiger partial charge in [0.25, 0.3) is 0 Å². The third-order valence-corrected chi connectivity index (χ3v) is 3.35. The first kappa shape index (κ1) is 10.7. The average molecular weight is 226 g/mol. The zero-order valence-corrected chi connectivity index (χ0v) is 9.71. The van der Waals surface area contributed by atoms with E-state index in [9.17, 15) is 4.79 Å². The Morgan fingerprint density at radius 1 is 1.60 bits per heavy atom. The lowest BCUT2D eigenvalue weighted by Crippen LogP contribution is -2.09. The zero-order valence-electron chi connectivity index (χ0n) is 8.90. The van der Waals surface area contributed by atoms with Crippen LogP contribution < -0.4 is 0 Å². The van der Waals surface area contributed by atoms with Gasteiger partial charge in [0.15, 0.2) is 11.6 Å². The van der Waals surface area contributed by atoms with Crippen molar-refractivity contribution >= 4 is 17.5 Å². The summed E-state index contributed by atoms with van der Waals surface area (Å²) in [4.78, 5) is 15.7. The molecule has 1 aliphatic rings. The van der Waals surface area contributed by atoms with Crippen molar-refractivity contribution < 1.29 is 9.32 Å². The topological polar surface area (TPSA) is 56.0 Å². The summed E-state index contributed by atoms with van der Waals surface area (Å²) in [5.74, 6) is 3.12. The van der Waals surface area contributed by atoms with E-state index in [0.29, 0.717) is 23.4 Å². The molecule has 4 nitrogen and oxygen atoms in total. The fourth-order valence-electron chi connectivity index (χ4n) is 1.54. The lowest BCUT2D eigenvalue weighted by atomic mass is 10.1. The molecule has 0 N–H and O–H groups in total. The lowest BCUT2D eigenvalue weighted by molar-refractivity contribution is -0.117. The lowest BCUT2D eigenvalue weighted by Gasteiger charge is -1.98. The Hall–Kier alpha value is -0.840. The Morgan fingerprint density at radius 3 is 3.00 bits per heavy atom. The highest BCUT2D eigenvalue weighted by Crippen LogP contribution is 2.28. The second-order valence-corrected chi connectivity index (χ2v) is 5.21. The highest BCUT2D eigenvalue weighted by Gasteiger charge is 2.31. The van der Waals surface area contributed by atoms with E-state index in [1.54, 1.807) is 11.8 Å². The molecule has 0 aliphatic carbocycles. The van der Waals surface area contributed by atoms with Gasteiger partial charge in [0.2, 0.25) is 5.89 Å². The number of Topliss-reactive ketones (excluding diaryl/α,β-unsaturated/α-hetero) is 1. The molecule has 1 aromatic heterocycles. The van der Waals surface area contributed by atoms with Gasteiger partial charge in [-0.3, -0.25) is 4.79 Å². The van der Waals surface area contributed by atoms with E-state index in [0.717, 1.165) is 12.2 Å². The summed E-state index contributed by atoms with van der Waals surface area (Å²) in [6.07, 6.45) is 0.803. The smallest absolute Gasteiger partial charge is 0.238 e. The Kier molecular flexibility index (Phi) is 3.09. The number of hydrogen-bond donors (Lipinski definition) is 0. The van der Waals surface area contributed by atoms with Crippen LogP contribution in [-0.4, -0.2) is 27.4 Å². The van der Waals surface area contributed by atoms with E-state index in [4.69, 9.17) is 4.52 Å². The zero-order chi connectivity index (χ0) is 10.8. The molecule has 0 spiro atoms. The summed E-state index contributed by atoms with van der Waals surface area (Å²) in [5, 5.41) is 3.89. The number of thioether (sulfide) groups is 1. The normalized spacial score (nSPS) is 21.5. The summed E-state index contributed by atoms with van der Waals surface area (Å²) in [7, 11) is 0. The van der Waals surface area contributed by atoms with Crippen molar-refractivity contribution in [1.29, 1.82) is 0 Å². The SMILES string of the molecule is CC(C)Cc1noc(C2CSCC2=O)n1. The molecule has 1 saturated heterocycles. The predicted octanol–water partition coefficient (Wildman–Crippen LogP) is 1.67. The minimum Gasteiger partial charge on any atom is -0.339 e. The first-order valence-corrected chi connectivity index (χ1v) is 6.25. The monoisotopic (exact) mass is 226 g/mol. The van der Waals surface area contributed by atoms with Crippen LogP contribution in [0.15, 0.2) is 4.52 Å². The van der Waals surface area contributed by atoms with Gasteiger partial charge in [0, 0.05) is 12.2 Å². The molecule has 82 valence electrons. The molecule has 0 saturated carbocycles. The largest absolute Gasteiger partial charge is 0.339 e. The maximum absolute atomic E-state index is 11.5. The molecule has 2 heterocycles. The molecule has 2 rings (SSSR count). The summed E-state index contributed by atoms with van der Waals surface area (Å²) in [5.41, 5.74) is 0. The van der Waals surface area contributed by atoms with Crippen molar-refractivity contribution in [3.63, 3.8) is 0 Å². The van der Waals surface area contributed by atoms with Gasteiger partial charge in [0.1, 0.15) is 5.92 Å². The predicted molar refractivity (Wildman–Crippen MR) is 57.9 cm³/mol. The number of carbonyl (C=O) groups is 1. The summed E-state index contributed by atoms with van der Waals surface area (Å²) in [6, 6.07) is 0. The number of aromatic nitrogens is 2. The van der Waals surface area contributed by atoms with E-state index in [2.05, 4.69) is 24.0 Å². The standard InChI is InChI=1S/C10H14N2O2S/c1-6(2)3-9-11-10(14-12-9)7-4-15-5-8(7)13/h6-7H,3-5H2,1-2H3. The van der Waals surface area contributed by atoms with Crippen molar-refractivity contribution in [3.8, 4) is 0 Å². The fraction of sp³-hybridized carbons (Fsp3) is 0.700. The molecule has 0 aromatic carbocycles. The number of nitrogens with zero attached hydrogens (tertiary/aromatic N) is 2. The van der Waals surface area contributed by atoms with Gasteiger partial charge in [0.05, 0.1) is 5.75 Å². The van der Waals surface area contributed by atoms with Crippen LogP contribution >= 0.6 is 11.8 Å². The number of ketones is 1. The Bertz CT molecular complexity index is 362. The molecule has 1 unspecified atom stereocenters. The summed E-state index contributed by atoms with van der Waals surface area (Å²) in [6.45, 7) is 4.21. The van der Waals surface area contributed by atoms with Crippen LogP contribution in [0.2, 0.25) is 0 Å². The van der Waals surface area contributed by atoms with Gasteiger partial charge in [-0.25, -0.2) is 0 Å². The molecule has 0 bridgehead atoms. The Morgan fingerprint density at radius 2 is 2.40 bits per heavy atom. The minimum atomic E-state index is -0.164. The quantitative estimate of drug-likeness (QED) is 0.784. The number of carbonyl (C=O) groups excluding carboxylic acids is 1. The first-order valence-electron chi connectivity index (χ1n) is 5.09. The van der Waals surface area contributed by atoms with E-state index in [-0.39, 0.29) is 11.7 Å². The van der Waals surface area contributed by atoms with Crippen LogP contribution in [0.25, 0.3) is 0 Å². The van der Waals surface area contributed by atoms with Crippen molar-refractivity contribution in [3.05, 3.63) is 11.7 Å². The molecule has 1 atom stereocenters. The first-order chi connectivity index (χ1) is 7.16. The van der Waals surface area contributed by atoms with E-state index >= 15 is 0 Å². The molecular formula is C10H14N2O2S. The minimum absolute atomic E-state index is 0.164. The summed E-state index contributed by atoms with van der Waals surface area (Å²) < 4.78 is 5.12. The Balaban J connectivity index is 2.09. The molecule has 15 heavy (non-hydrogen) atoms. The Labute approximate surface area is 92.8 Å². The number of hydrogen-bond acceptors (Lipinski definition) is 5. The third kappa shape index (κ3) is 2.40. The highest BCUT2D eigenvalue weighted by atomic mass is 32.2. The van der Waals surface area contributed by atoms with Crippen LogP contribution in [0.3, 0.4) is 0 Å². The molecule has 0 amide bonds. The maximum Gasteiger partial charge on any atom is 0.238 e. The average Bonchev–Trinajstić information content (AvgIpc) is 2.72.